The predicted molar refractivity (Wildman–Crippen MR) is 99.2 cm³/mol. The largest absolute Gasteiger partial charge is 0.497 e. The van der Waals surface area contributed by atoms with Gasteiger partial charge in [-0.25, -0.2) is 0 Å². The number of rotatable bonds is 7. The number of nitrogens with one attached hydrogen (secondary N) is 1. The molecule has 0 saturated heterocycles. The summed E-state index contributed by atoms with van der Waals surface area (Å²) >= 11 is 0. The molecule has 5 nitrogen and oxygen atoms in total. The van der Waals surface area contributed by atoms with Crippen molar-refractivity contribution in [2.24, 2.45) is 0 Å². The van der Waals surface area contributed by atoms with Crippen molar-refractivity contribution < 1.29 is 27.5 Å². The van der Waals surface area contributed by atoms with E-state index in [1.54, 1.807) is 31.4 Å². The average Bonchev–Trinajstić information content (AvgIpc) is 2.65. The van der Waals surface area contributed by atoms with Crippen LogP contribution in [0.15, 0.2) is 48.5 Å². The molecule has 0 radical (unpaired) electrons. The van der Waals surface area contributed by atoms with Crippen LogP contribution in [0.3, 0.4) is 0 Å². The van der Waals surface area contributed by atoms with Crippen LogP contribution in [0.1, 0.15) is 18.1 Å². The van der Waals surface area contributed by atoms with Gasteiger partial charge in [0.15, 0.2) is 0 Å². The molecule has 0 fully saturated rings. The number of anilines is 1. The zero-order chi connectivity index (χ0) is 20.7. The third kappa shape index (κ3) is 6.00. The number of alkyl halides is 3. The average molecular weight is 394 g/mol. The van der Waals surface area contributed by atoms with E-state index in [9.17, 15) is 22.8 Å². The van der Waals surface area contributed by atoms with Crippen molar-refractivity contribution in [2.75, 3.05) is 25.1 Å². The molecule has 0 aliphatic carbocycles. The van der Waals surface area contributed by atoms with Gasteiger partial charge in [-0.05, 0) is 35.9 Å². The zero-order valence-corrected chi connectivity index (χ0v) is 15.5. The molecule has 0 saturated carbocycles. The van der Waals surface area contributed by atoms with Gasteiger partial charge >= 0.3 is 6.18 Å². The van der Waals surface area contributed by atoms with Crippen LogP contribution in [0.4, 0.5) is 18.9 Å². The Morgan fingerprint density at radius 1 is 1.11 bits per heavy atom. The smallest absolute Gasteiger partial charge is 0.416 e. The second-order valence-corrected chi connectivity index (χ2v) is 6.09. The molecule has 0 aliphatic rings. The number of nitrogens with zero attached hydrogens (tertiary/aromatic N) is 1. The predicted octanol–water partition coefficient (Wildman–Crippen LogP) is 3.43. The molecule has 0 unspecified atom stereocenters. The molecular weight excluding hydrogens is 373 g/mol. The topological polar surface area (TPSA) is 58.6 Å². The van der Waals surface area contributed by atoms with E-state index in [0.29, 0.717) is 5.75 Å². The minimum absolute atomic E-state index is 0.0605. The molecule has 8 heteroatoms. The molecular formula is C20H21F3N2O3. The Kier molecular flexibility index (Phi) is 7.03. The highest BCUT2D eigenvalue weighted by Crippen LogP contribution is 2.31. The fourth-order valence-corrected chi connectivity index (χ4v) is 2.62. The lowest BCUT2D eigenvalue weighted by Crippen LogP contribution is -2.38. The van der Waals surface area contributed by atoms with Gasteiger partial charge in [0.1, 0.15) is 5.75 Å². The van der Waals surface area contributed by atoms with Crippen molar-refractivity contribution >= 4 is 17.5 Å². The molecule has 28 heavy (non-hydrogen) atoms. The summed E-state index contributed by atoms with van der Waals surface area (Å²) in [5.41, 5.74) is 0.0890. The van der Waals surface area contributed by atoms with Gasteiger partial charge in [-0.2, -0.15) is 13.2 Å². The number of hydrogen-bond donors (Lipinski definition) is 1. The summed E-state index contributed by atoms with van der Waals surface area (Å²) in [4.78, 5) is 25.1. The first-order valence-electron chi connectivity index (χ1n) is 8.55. The van der Waals surface area contributed by atoms with Gasteiger partial charge in [-0.15, -0.1) is 0 Å². The highest BCUT2D eigenvalue weighted by Gasteiger charge is 2.31. The minimum Gasteiger partial charge on any atom is -0.497 e. The van der Waals surface area contributed by atoms with Crippen LogP contribution in [0, 0.1) is 0 Å². The quantitative estimate of drug-likeness (QED) is 0.783. The Morgan fingerprint density at radius 2 is 1.79 bits per heavy atom. The second-order valence-electron chi connectivity index (χ2n) is 6.09. The van der Waals surface area contributed by atoms with Crippen LogP contribution >= 0.6 is 0 Å². The summed E-state index contributed by atoms with van der Waals surface area (Å²) in [6.07, 6.45) is -4.35. The summed E-state index contributed by atoms with van der Waals surface area (Å²) in [5.74, 6) is 0.0174. The van der Waals surface area contributed by atoms with Crippen LogP contribution in [0.5, 0.6) is 5.75 Å². The number of amides is 2. The summed E-state index contributed by atoms with van der Waals surface area (Å²) in [6, 6.07) is 11.6. The first-order chi connectivity index (χ1) is 13.2. The van der Waals surface area contributed by atoms with Crippen LogP contribution in [-0.4, -0.2) is 32.0 Å². The number of hydrogen-bond acceptors (Lipinski definition) is 3. The maximum absolute atomic E-state index is 12.9. The molecule has 0 atom stereocenters. The number of halogens is 3. The second kappa shape index (κ2) is 9.25. The van der Waals surface area contributed by atoms with E-state index in [0.717, 1.165) is 17.7 Å². The van der Waals surface area contributed by atoms with Gasteiger partial charge in [0.25, 0.3) is 0 Å². The Bertz CT molecular complexity index is 820. The summed E-state index contributed by atoms with van der Waals surface area (Å²) in [6.45, 7) is 1.44. The maximum atomic E-state index is 12.9. The van der Waals surface area contributed by atoms with Crippen LogP contribution in [-0.2, 0) is 22.2 Å². The normalized spacial score (nSPS) is 11.0. The van der Waals surface area contributed by atoms with Crippen molar-refractivity contribution in [2.45, 2.75) is 19.5 Å². The number of methoxy groups -OCH3 is 1. The van der Waals surface area contributed by atoms with Gasteiger partial charge in [0.2, 0.25) is 11.8 Å². The van der Waals surface area contributed by atoms with Gasteiger partial charge < -0.3 is 15.0 Å². The van der Waals surface area contributed by atoms with Gasteiger partial charge in [-0.1, -0.05) is 18.2 Å². The molecule has 0 aromatic heterocycles. The van der Waals surface area contributed by atoms with E-state index >= 15 is 0 Å². The molecule has 0 spiro atoms. The van der Waals surface area contributed by atoms with Crippen LogP contribution in [0.25, 0.3) is 0 Å². The lowest BCUT2D eigenvalue weighted by atomic mass is 10.1. The summed E-state index contributed by atoms with van der Waals surface area (Å²) in [7, 11) is 1.55. The van der Waals surface area contributed by atoms with Crippen molar-refractivity contribution in [3.05, 3.63) is 59.7 Å². The molecule has 0 bridgehead atoms. The van der Waals surface area contributed by atoms with E-state index < -0.39 is 17.6 Å². The Balaban J connectivity index is 1.94. The van der Waals surface area contributed by atoms with E-state index in [-0.39, 0.29) is 31.1 Å². The third-order valence-corrected chi connectivity index (χ3v) is 4.05. The van der Waals surface area contributed by atoms with E-state index in [2.05, 4.69) is 5.32 Å². The maximum Gasteiger partial charge on any atom is 0.416 e. The van der Waals surface area contributed by atoms with E-state index in [1.165, 1.54) is 24.0 Å². The Labute approximate surface area is 161 Å². The molecule has 2 rings (SSSR count). The molecule has 0 heterocycles. The summed E-state index contributed by atoms with van der Waals surface area (Å²) in [5, 5.41) is 2.67. The van der Waals surface area contributed by atoms with Gasteiger partial charge in [-0.3, -0.25) is 9.59 Å². The fraction of sp³-hybridized carbons (Fsp3) is 0.300. The third-order valence-electron chi connectivity index (χ3n) is 4.05. The zero-order valence-electron chi connectivity index (χ0n) is 15.5. The molecule has 2 aromatic carbocycles. The molecule has 150 valence electrons. The standard InChI is InChI=1S/C20H21F3N2O3/c1-14(26)25(17-5-3-4-16(13-17)20(21,22)23)11-10-24-19(27)12-15-6-8-18(28-2)9-7-15/h3-9,13H,10-12H2,1-2H3,(H,24,27). The minimum atomic E-state index is -4.49. The highest BCUT2D eigenvalue weighted by molar-refractivity contribution is 5.91. The number of benzene rings is 2. The van der Waals surface area contributed by atoms with E-state index in [1.807, 2.05) is 0 Å². The number of ether oxygens (including phenoxy) is 1. The SMILES string of the molecule is COc1ccc(CC(=O)NCCN(C(C)=O)c2cccc(C(F)(F)F)c2)cc1. The van der Waals surface area contributed by atoms with Crippen molar-refractivity contribution in [3.63, 3.8) is 0 Å². The first-order valence-corrected chi connectivity index (χ1v) is 8.55. The van der Waals surface area contributed by atoms with Gasteiger partial charge in [0, 0.05) is 25.7 Å². The van der Waals surface area contributed by atoms with Crippen molar-refractivity contribution in [3.8, 4) is 5.75 Å². The highest BCUT2D eigenvalue weighted by atomic mass is 19.4. The number of carbonyl (C=O) groups is 2. The lowest BCUT2D eigenvalue weighted by Gasteiger charge is -2.22. The monoisotopic (exact) mass is 394 g/mol. The van der Waals surface area contributed by atoms with Crippen molar-refractivity contribution in [1.29, 1.82) is 0 Å². The van der Waals surface area contributed by atoms with Crippen LogP contribution < -0.4 is 15.0 Å². The fourth-order valence-electron chi connectivity index (χ4n) is 2.62. The molecule has 2 amide bonds. The Morgan fingerprint density at radius 3 is 2.36 bits per heavy atom. The first kappa shape index (κ1) is 21.3. The molecule has 1 N–H and O–H groups in total. The molecule has 0 aliphatic heterocycles. The Hall–Kier alpha value is -3.03. The number of carbonyl (C=O) groups excluding carboxylic acids is 2. The lowest BCUT2D eigenvalue weighted by molar-refractivity contribution is -0.137. The van der Waals surface area contributed by atoms with Crippen LogP contribution in [0.2, 0.25) is 0 Å². The van der Waals surface area contributed by atoms with E-state index in [4.69, 9.17) is 4.74 Å². The molecule has 2 aromatic rings. The van der Waals surface area contributed by atoms with Crippen molar-refractivity contribution in [1.82, 2.24) is 5.32 Å². The summed E-state index contributed by atoms with van der Waals surface area (Å²) < 4.78 is 43.7. The van der Waals surface area contributed by atoms with Gasteiger partial charge in [0.05, 0.1) is 19.1 Å².